The van der Waals surface area contributed by atoms with Crippen molar-refractivity contribution in [1.82, 2.24) is 20.1 Å². The van der Waals surface area contributed by atoms with Crippen molar-refractivity contribution in [3.63, 3.8) is 0 Å². The van der Waals surface area contributed by atoms with Crippen molar-refractivity contribution in [2.45, 2.75) is 13.1 Å². The Hall–Kier alpha value is -3.15. The van der Waals surface area contributed by atoms with Gasteiger partial charge in [-0.05, 0) is 17.2 Å². The Kier molecular flexibility index (Phi) is 4.86. The van der Waals surface area contributed by atoms with E-state index in [1.807, 2.05) is 36.4 Å². The first-order chi connectivity index (χ1) is 11.7. The fraction of sp³-hybridized carbons (Fsp3) is 0.167. The highest BCUT2D eigenvalue weighted by molar-refractivity contribution is 5.93. The summed E-state index contributed by atoms with van der Waals surface area (Å²) in [6, 6.07) is 13.6. The molecule has 0 fully saturated rings. The van der Waals surface area contributed by atoms with Crippen molar-refractivity contribution in [2.75, 3.05) is 7.11 Å². The van der Waals surface area contributed by atoms with E-state index >= 15 is 0 Å². The Balaban J connectivity index is 1.59. The normalized spacial score (nSPS) is 10.4. The second kappa shape index (κ2) is 7.41. The van der Waals surface area contributed by atoms with Crippen molar-refractivity contribution in [3.8, 4) is 5.88 Å². The fourth-order valence-corrected chi connectivity index (χ4v) is 2.29. The Bertz CT molecular complexity index is 815. The van der Waals surface area contributed by atoms with Gasteiger partial charge in [0.25, 0.3) is 5.91 Å². The molecule has 0 aliphatic rings. The Morgan fingerprint density at radius 1 is 1.21 bits per heavy atom. The Labute approximate surface area is 140 Å². The van der Waals surface area contributed by atoms with Crippen molar-refractivity contribution in [3.05, 3.63) is 77.7 Å². The maximum absolute atomic E-state index is 12.2. The molecule has 1 amide bonds. The van der Waals surface area contributed by atoms with Gasteiger partial charge in [-0.25, -0.2) is 4.98 Å². The number of benzene rings is 1. The SMILES string of the molecule is COc1cc(CNC(=O)c2cnn(Cc3ccccc3)c2)ccn1. The van der Waals surface area contributed by atoms with E-state index in [0.717, 1.165) is 11.1 Å². The van der Waals surface area contributed by atoms with E-state index in [2.05, 4.69) is 15.4 Å². The van der Waals surface area contributed by atoms with Gasteiger partial charge in [0, 0.05) is 25.0 Å². The molecule has 2 aromatic heterocycles. The second-order valence-electron chi connectivity index (χ2n) is 5.30. The molecular weight excluding hydrogens is 304 g/mol. The lowest BCUT2D eigenvalue weighted by atomic mass is 10.2. The third-order valence-electron chi connectivity index (χ3n) is 3.54. The highest BCUT2D eigenvalue weighted by Gasteiger charge is 2.09. The molecular formula is C18H18N4O2. The molecule has 0 atom stereocenters. The maximum atomic E-state index is 12.2. The molecule has 0 spiro atoms. The van der Waals surface area contributed by atoms with Crippen molar-refractivity contribution in [1.29, 1.82) is 0 Å². The van der Waals surface area contributed by atoms with Crippen LogP contribution in [0.25, 0.3) is 0 Å². The number of nitrogens with one attached hydrogen (secondary N) is 1. The zero-order chi connectivity index (χ0) is 16.8. The topological polar surface area (TPSA) is 69.0 Å². The average molecular weight is 322 g/mol. The van der Waals surface area contributed by atoms with Crippen LogP contribution >= 0.6 is 0 Å². The number of hydrogen-bond acceptors (Lipinski definition) is 4. The summed E-state index contributed by atoms with van der Waals surface area (Å²) in [6.07, 6.45) is 4.97. The van der Waals surface area contributed by atoms with Gasteiger partial charge < -0.3 is 10.1 Å². The summed E-state index contributed by atoms with van der Waals surface area (Å²) in [4.78, 5) is 16.3. The second-order valence-corrected chi connectivity index (χ2v) is 5.30. The average Bonchev–Trinajstić information content (AvgIpc) is 3.09. The lowest BCUT2D eigenvalue weighted by molar-refractivity contribution is 0.0950. The van der Waals surface area contributed by atoms with E-state index in [1.54, 1.807) is 36.4 Å². The molecule has 2 heterocycles. The molecule has 6 nitrogen and oxygen atoms in total. The standard InChI is InChI=1S/C18H18N4O2/c1-24-17-9-15(7-8-19-17)10-20-18(23)16-11-21-22(13-16)12-14-5-3-2-4-6-14/h2-9,11,13H,10,12H2,1H3,(H,20,23). The van der Waals surface area contributed by atoms with Crippen LogP contribution in [0.3, 0.4) is 0 Å². The van der Waals surface area contributed by atoms with Crippen molar-refractivity contribution in [2.24, 2.45) is 0 Å². The Morgan fingerprint density at radius 2 is 2.04 bits per heavy atom. The smallest absolute Gasteiger partial charge is 0.254 e. The van der Waals surface area contributed by atoms with E-state index in [9.17, 15) is 4.79 Å². The molecule has 0 aliphatic carbocycles. The number of pyridine rings is 1. The number of methoxy groups -OCH3 is 1. The van der Waals surface area contributed by atoms with Gasteiger partial charge in [0.05, 0.1) is 25.4 Å². The molecule has 0 saturated heterocycles. The number of hydrogen-bond donors (Lipinski definition) is 1. The molecule has 0 aliphatic heterocycles. The van der Waals surface area contributed by atoms with Crippen LogP contribution in [-0.4, -0.2) is 27.8 Å². The maximum Gasteiger partial charge on any atom is 0.254 e. The van der Waals surface area contributed by atoms with Crippen molar-refractivity contribution >= 4 is 5.91 Å². The third-order valence-corrected chi connectivity index (χ3v) is 3.54. The summed E-state index contributed by atoms with van der Waals surface area (Å²) in [5, 5.41) is 7.11. The Morgan fingerprint density at radius 3 is 2.83 bits per heavy atom. The highest BCUT2D eigenvalue weighted by atomic mass is 16.5. The summed E-state index contributed by atoms with van der Waals surface area (Å²) in [7, 11) is 1.56. The number of nitrogens with zero attached hydrogens (tertiary/aromatic N) is 3. The van der Waals surface area contributed by atoms with E-state index in [4.69, 9.17) is 4.74 Å². The van der Waals surface area contributed by atoms with Crippen LogP contribution in [0.1, 0.15) is 21.5 Å². The van der Waals surface area contributed by atoms with Gasteiger partial charge in [-0.15, -0.1) is 0 Å². The van der Waals surface area contributed by atoms with Crippen LogP contribution in [0.15, 0.2) is 61.1 Å². The van der Waals surface area contributed by atoms with Crippen LogP contribution in [0.5, 0.6) is 5.88 Å². The van der Waals surface area contributed by atoms with Crippen LogP contribution in [0.2, 0.25) is 0 Å². The lowest BCUT2D eigenvalue weighted by Gasteiger charge is -2.05. The molecule has 24 heavy (non-hydrogen) atoms. The fourth-order valence-electron chi connectivity index (χ4n) is 2.29. The summed E-state index contributed by atoms with van der Waals surface area (Å²) >= 11 is 0. The number of ether oxygens (including phenoxy) is 1. The molecule has 0 bridgehead atoms. The molecule has 0 saturated carbocycles. The minimum absolute atomic E-state index is 0.162. The minimum Gasteiger partial charge on any atom is -0.481 e. The molecule has 1 aromatic carbocycles. The summed E-state index contributed by atoms with van der Waals surface area (Å²) in [5.74, 6) is 0.363. The minimum atomic E-state index is -0.162. The van der Waals surface area contributed by atoms with Crippen molar-refractivity contribution < 1.29 is 9.53 Å². The number of aromatic nitrogens is 3. The molecule has 0 unspecified atom stereocenters. The predicted molar refractivity (Wildman–Crippen MR) is 89.7 cm³/mol. The first kappa shape index (κ1) is 15.7. The monoisotopic (exact) mass is 322 g/mol. The first-order valence-electron chi connectivity index (χ1n) is 7.58. The summed E-state index contributed by atoms with van der Waals surface area (Å²) in [6.45, 7) is 1.04. The quantitative estimate of drug-likeness (QED) is 0.756. The van der Waals surface area contributed by atoms with Crippen LogP contribution in [-0.2, 0) is 13.1 Å². The lowest BCUT2D eigenvalue weighted by Crippen LogP contribution is -2.22. The van der Waals surface area contributed by atoms with Gasteiger partial charge in [-0.2, -0.15) is 5.10 Å². The van der Waals surface area contributed by atoms with Gasteiger partial charge in [0.2, 0.25) is 5.88 Å². The van der Waals surface area contributed by atoms with Gasteiger partial charge in [0.15, 0.2) is 0 Å². The van der Waals surface area contributed by atoms with Gasteiger partial charge >= 0.3 is 0 Å². The predicted octanol–water partition coefficient (Wildman–Crippen LogP) is 2.26. The number of amides is 1. The van der Waals surface area contributed by atoms with Gasteiger partial charge in [-0.3, -0.25) is 9.48 Å². The largest absolute Gasteiger partial charge is 0.481 e. The molecule has 6 heteroatoms. The molecule has 3 aromatic rings. The van der Waals surface area contributed by atoms with Crippen LogP contribution < -0.4 is 10.1 Å². The van der Waals surface area contributed by atoms with Crippen LogP contribution in [0.4, 0.5) is 0 Å². The highest BCUT2D eigenvalue weighted by Crippen LogP contribution is 2.09. The van der Waals surface area contributed by atoms with Crippen LogP contribution in [0, 0.1) is 0 Å². The molecule has 122 valence electrons. The zero-order valence-electron chi connectivity index (χ0n) is 13.3. The zero-order valence-corrected chi connectivity index (χ0v) is 13.3. The van der Waals surface area contributed by atoms with E-state index < -0.39 is 0 Å². The molecule has 0 radical (unpaired) electrons. The molecule has 3 rings (SSSR count). The number of carbonyl (C=O) groups excluding carboxylic acids is 1. The summed E-state index contributed by atoms with van der Waals surface area (Å²) < 4.78 is 6.82. The number of carbonyl (C=O) groups is 1. The third kappa shape index (κ3) is 3.98. The first-order valence-corrected chi connectivity index (χ1v) is 7.58. The van der Waals surface area contributed by atoms with Gasteiger partial charge in [-0.1, -0.05) is 30.3 Å². The molecule has 1 N–H and O–H groups in total. The van der Waals surface area contributed by atoms with E-state index in [0.29, 0.717) is 24.5 Å². The van der Waals surface area contributed by atoms with Gasteiger partial charge in [0.1, 0.15) is 0 Å². The number of rotatable bonds is 6. The van der Waals surface area contributed by atoms with E-state index in [1.165, 1.54) is 0 Å². The van der Waals surface area contributed by atoms with E-state index in [-0.39, 0.29) is 5.91 Å². The summed E-state index contributed by atoms with van der Waals surface area (Å²) in [5.41, 5.74) is 2.59.